The monoisotopic (exact) mass is 394 g/mol. The molecular formula is C21H31ClN2O3. The molecule has 1 heterocycles. The molecule has 1 aliphatic heterocycles. The highest BCUT2D eigenvalue weighted by Crippen LogP contribution is 2.25. The minimum atomic E-state index is -0.134. The summed E-state index contributed by atoms with van der Waals surface area (Å²) in [6.07, 6.45) is 3.34. The van der Waals surface area contributed by atoms with E-state index in [4.69, 9.17) is 16.3 Å². The molecule has 150 valence electrons. The van der Waals surface area contributed by atoms with Gasteiger partial charge < -0.3 is 15.0 Å². The standard InChI is InChI=1S/C21H31ClN2O3/c1-5-16(6-2)21(26)24-9-7-17(8-10-24)23-19(25)13-27-18-11-14(3)20(22)15(4)12-18/h11-12,16-17H,5-10,13H2,1-4H3,(H,23,25). The van der Waals surface area contributed by atoms with E-state index in [0.717, 1.165) is 41.8 Å². The molecule has 0 spiro atoms. The average Bonchev–Trinajstić information content (AvgIpc) is 2.65. The van der Waals surface area contributed by atoms with Crippen LogP contribution >= 0.6 is 11.6 Å². The number of hydrogen-bond acceptors (Lipinski definition) is 3. The van der Waals surface area contributed by atoms with Crippen molar-refractivity contribution < 1.29 is 14.3 Å². The Labute approximate surface area is 167 Å². The molecule has 1 aromatic carbocycles. The van der Waals surface area contributed by atoms with Crippen molar-refractivity contribution in [2.45, 2.75) is 59.4 Å². The van der Waals surface area contributed by atoms with E-state index in [1.54, 1.807) is 0 Å². The molecule has 2 amide bonds. The number of carbonyl (C=O) groups excluding carboxylic acids is 2. The summed E-state index contributed by atoms with van der Waals surface area (Å²) in [5.41, 5.74) is 1.86. The Kier molecular flexibility index (Phi) is 7.96. The minimum absolute atomic E-state index is 0.0204. The van der Waals surface area contributed by atoms with Gasteiger partial charge in [-0.15, -0.1) is 0 Å². The van der Waals surface area contributed by atoms with Gasteiger partial charge >= 0.3 is 0 Å². The smallest absolute Gasteiger partial charge is 0.258 e. The fourth-order valence-electron chi connectivity index (χ4n) is 3.55. The maximum absolute atomic E-state index is 12.4. The molecule has 1 aliphatic rings. The first-order chi connectivity index (χ1) is 12.8. The first kappa shape index (κ1) is 21.5. The van der Waals surface area contributed by atoms with Gasteiger partial charge in [0.1, 0.15) is 5.75 Å². The van der Waals surface area contributed by atoms with Crippen molar-refractivity contribution >= 4 is 23.4 Å². The van der Waals surface area contributed by atoms with E-state index in [1.165, 1.54) is 0 Å². The second kappa shape index (κ2) is 9.98. The van der Waals surface area contributed by atoms with Crippen LogP contribution in [0.3, 0.4) is 0 Å². The number of nitrogens with one attached hydrogen (secondary N) is 1. The molecular weight excluding hydrogens is 364 g/mol. The van der Waals surface area contributed by atoms with Crippen LogP contribution in [0.2, 0.25) is 5.02 Å². The Hall–Kier alpha value is -1.75. The van der Waals surface area contributed by atoms with E-state index in [-0.39, 0.29) is 30.4 Å². The van der Waals surface area contributed by atoms with E-state index < -0.39 is 0 Å². The van der Waals surface area contributed by atoms with Gasteiger partial charge in [0, 0.05) is 30.1 Å². The largest absolute Gasteiger partial charge is 0.484 e. The van der Waals surface area contributed by atoms with Crippen LogP contribution in [0.5, 0.6) is 5.75 Å². The molecule has 1 aromatic rings. The lowest BCUT2D eigenvalue weighted by atomic mass is 9.98. The van der Waals surface area contributed by atoms with E-state index >= 15 is 0 Å². The molecule has 0 aliphatic carbocycles. The summed E-state index contributed by atoms with van der Waals surface area (Å²) in [7, 11) is 0. The summed E-state index contributed by atoms with van der Waals surface area (Å²) < 4.78 is 5.61. The second-order valence-electron chi connectivity index (χ2n) is 7.34. The number of piperidine rings is 1. The SMILES string of the molecule is CCC(CC)C(=O)N1CCC(NC(=O)COc2cc(C)c(Cl)c(C)c2)CC1. The molecule has 0 bridgehead atoms. The van der Waals surface area contributed by atoms with E-state index in [2.05, 4.69) is 19.2 Å². The Morgan fingerprint density at radius 1 is 1.19 bits per heavy atom. The molecule has 0 atom stereocenters. The number of aryl methyl sites for hydroxylation is 2. The van der Waals surface area contributed by atoms with Crippen LogP contribution < -0.4 is 10.1 Å². The zero-order chi connectivity index (χ0) is 20.0. The van der Waals surface area contributed by atoms with E-state index in [0.29, 0.717) is 18.8 Å². The van der Waals surface area contributed by atoms with Gasteiger partial charge in [0.15, 0.2) is 6.61 Å². The van der Waals surface area contributed by atoms with Crippen molar-refractivity contribution in [3.05, 3.63) is 28.3 Å². The third kappa shape index (κ3) is 5.86. The zero-order valence-electron chi connectivity index (χ0n) is 16.8. The second-order valence-corrected chi connectivity index (χ2v) is 7.72. The fourth-order valence-corrected chi connectivity index (χ4v) is 3.66. The maximum atomic E-state index is 12.4. The van der Waals surface area contributed by atoms with Gasteiger partial charge in [-0.2, -0.15) is 0 Å². The molecule has 0 saturated carbocycles. The Balaban J connectivity index is 1.77. The van der Waals surface area contributed by atoms with Gasteiger partial charge in [-0.1, -0.05) is 25.4 Å². The van der Waals surface area contributed by atoms with Gasteiger partial charge in [-0.25, -0.2) is 0 Å². The first-order valence-corrected chi connectivity index (χ1v) is 10.2. The molecule has 1 fully saturated rings. The number of rotatable bonds is 7. The molecule has 0 radical (unpaired) electrons. The van der Waals surface area contributed by atoms with Gasteiger partial charge in [-0.3, -0.25) is 9.59 Å². The first-order valence-electron chi connectivity index (χ1n) is 9.83. The van der Waals surface area contributed by atoms with Crippen molar-refractivity contribution in [3.8, 4) is 5.75 Å². The maximum Gasteiger partial charge on any atom is 0.258 e. The highest BCUT2D eigenvalue weighted by Gasteiger charge is 2.27. The highest BCUT2D eigenvalue weighted by atomic mass is 35.5. The highest BCUT2D eigenvalue weighted by molar-refractivity contribution is 6.32. The summed E-state index contributed by atoms with van der Waals surface area (Å²) in [4.78, 5) is 26.6. The van der Waals surface area contributed by atoms with Crippen molar-refractivity contribution in [1.29, 1.82) is 0 Å². The van der Waals surface area contributed by atoms with Crippen molar-refractivity contribution in [2.75, 3.05) is 19.7 Å². The third-order valence-corrected chi connectivity index (χ3v) is 5.88. The van der Waals surface area contributed by atoms with E-state index in [1.807, 2.05) is 30.9 Å². The molecule has 1 N–H and O–H groups in total. The van der Waals surface area contributed by atoms with Gasteiger partial charge in [-0.05, 0) is 62.8 Å². The summed E-state index contributed by atoms with van der Waals surface area (Å²) in [6.45, 7) is 9.34. The average molecular weight is 395 g/mol. The Morgan fingerprint density at radius 3 is 2.26 bits per heavy atom. The number of likely N-dealkylation sites (tertiary alicyclic amines) is 1. The van der Waals surface area contributed by atoms with Gasteiger partial charge in [0.25, 0.3) is 5.91 Å². The van der Waals surface area contributed by atoms with Crippen molar-refractivity contribution in [2.24, 2.45) is 5.92 Å². The summed E-state index contributed by atoms with van der Waals surface area (Å²) in [5.74, 6) is 0.887. The van der Waals surface area contributed by atoms with E-state index in [9.17, 15) is 9.59 Å². The van der Waals surface area contributed by atoms with Crippen molar-refractivity contribution in [1.82, 2.24) is 10.2 Å². The number of benzene rings is 1. The lowest BCUT2D eigenvalue weighted by Crippen LogP contribution is -2.48. The Bertz CT molecular complexity index is 642. The fraction of sp³-hybridized carbons (Fsp3) is 0.619. The van der Waals surface area contributed by atoms with Crippen LogP contribution in [0.15, 0.2) is 12.1 Å². The quantitative estimate of drug-likeness (QED) is 0.763. The number of carbonyl (C=O) groups is 2. The third-order valence-electron chi connectivity index (χ3n) is 5.29. The van der Waals surface area contributed by atoms with Crippen LogP contribution in [-0.2, 0) is 9.59 Å². The number of halogens is 1. The number of amides is 2. The summed E-state index contributed by atoms with van der Waals surface area (Å²) >= 11 is 6.15. The lowest BCUT2D eigenvalue weighted by Gasteiger charge is -2.34. The molecule has 5 nitrogen and oxygen atoms in total. The molecule has 6 heteroatoms. The summed E-state index contributed by atoms with van der Waals surface area (Å²) in [6, 6.07) is 3.77. The number of ether oxygens (including phenoxy) is 1. The topological polar surface area (TPSA) is 58.6 Å². The van der Waals surface area contributed by atoms with Crippen molar-refractivity contribution in [3.63, 3.8) is 0 Å². The van der Waals surface area contributed by atoms with Crippen LogP contribution in [0, 0.1) is 19.8 Å². The molecule has 0 unspecified atom stereocenters. The van der Waals surface area contributed by atoms with Crippen LogP contribution in [0.25, 0.3) is 0 Å². The lowest BCUT2D eigenvalue weighted by molar-refractivity contribution is -0.137. The minimum Gasteiger partial charge on any atom is -0.484 e. The molecule has 0 aromatic heterocycles. The molecule has 2 rings (SSSR count). The number of nitrogens with zero attached hydrogens (tertiary/aromatic N) is 1. The van der Waals surface area contributed by atoms with Gasteiger partial charge in [0.2, 0.25) is 5.91 Å². The predicted octanol–water partition coefficient (Wildman–Crippen LogP) is 3.88. The van der Waals surface area contributed by atoms with Gasteiger partial charge in [0.05, 0.1) is 0 Å². The molecule has 27 heavy (non-hydrogen) atoms. The number of hydrogen-bond donors (Lipinski definition) is 1. The Morgan fingerprint density at radius 2 is 1.74 bits per heavy atom. The van der Waals surface area contributed by atoms with Crippen LogP contribution in [-0.4, -0.2) is 42.5 Å². The van der Waals surface area contributed by atoms with Crippen LogP contribution in [0.4, 0.5) is 0 Å². The van der Waals surface area contributed by atoms with Crippen LogP contribution in [0.1, 0.15) is 50.7 Å². The zero-order valence-corrected chi connectivity index (χ0v) is 17.6. The summed E-state index contributed by atoms with van der Waals surface area (Å²) in [5, 5.41) is 3.74. The molecule has 1 saturated heterocycles. The predicted molar refractivity (Wildman–Crippen MR) is 108 cm³/mol. The normalized spacial score (nSPS) is 15.1.